The first kappa shape index (κ1) is 12.8. The predicted molar refractivity (Wildman–Crippen MR) is 77.5 cm³/mol. The second-order valence-corrected chi connectivity index (χ2v) is 5.29. The number of carbonyl (C=O) groups is 1. The normalized spacial score (nSPS) is 10.3. The van der Waals surface area contributed by atoms with Gasteiger partial charge < -0.3 is 5.32 Å². The van der Waals surface area contributed by atoms with Crippen molar-refractivity contribution in [3.8, 4) is 0 Å². The molecule has 1 aromatic heterocycles. The van der Waals surface area contributed by atoms with Crippen molar-refractivity contribution in [2.75, 3.05) is 5.32 Å². The van der Waals surface area contributed by atoms with Crippen molar-refractivity contribution in [3.63, 3.8) is 0 Å². The standard InChI is InChI=1S/C15H17NOS/c1-3-11-5-7-12(8-6-11)16-15(17)14-10-9-13(4-2)18-14/h5-10H,3-4H2,1-2H3,(H,16,17). The van der Waals surface area contributed by atoms with Gasteiger partial charge >= 0.3 is 0 Å². The summed E-state index contributed by atoms with van der Waals surface area (Å²) in [5.74, 6) is -0.0241. The van der Waals surface area contributed by atoms with Crippen molar-refractivity contribution in [2.24, 2.45) is 0 Å². The van der Waals surface area contributed by atoms with Crippen molar-refractivity contribution < 1.29 is 4.79 Å². The van der Waals surface area contributed by atoms with E-state index in [1.165, 1.54) is 10.4 Å². The van der Waals surface area contributed by atoms with E-state index in [9.17, 15) is 4.79 Å². The molecule has 0 saturated carbocycles. The summed E-state index contributed by atoms with van der Waals surface area (Å²) in [6.07, 6.45) is 1.99. The number of thiophene rings is 1. The van der Waals surface area contributed by atoms with Crippen LogP contribution in [-0.4, -0.2) is 5.91 Å². The average Bonchev–Trinajstić information content (AvgIpc) is 2.88. The second kappa shape index (κ2) is 5.83. The van der Waals surface area contributed by atoms with Crippen molar-refractivity contribution in [2.45, 2.75) is 26.7 Å². The topological polar surface area (TPSA) is 29.1 Å². The largest absolute Gasteiger partial charge is 0.321 e. The highest BCUT2D eigenvalue weighted by molar-refractivity contribution is 7.14. The smallest absolute Gasteiger partial charge is 0.265 e. The lowest BCUT2D eigenvalue weighted by atomic mass is 10.1. The lowest BCUT2D eigenvalue weighted by molar-refractivity contribution is 0.103. The molecule has 0 fully saturated rings. The first-order valence-electron chi connectivity index (χ1n) is 6.22. The minimum absolute atomic E-state index is 0.0241. The first-order valence-corrected chi connectivity index (χ1v) is 7.03. The van der Waals surface area contributed by atoms with Crippen molar-refractivity contribution >= 4 is 22.9 Å². The Kier molecular flexibility index (Phi) is 4.15. The number of carbonyl (C=O) groups excluding carboxylic acids is 1. The van der Waals surface area contributed by atoms with Gasteiger partial charge in [-0.15, -0.1) is 11.3 Å². The van der Waals surface area contributed by atoms with Crippen LogP contribution >= 0.6 is 11.3 Å². The minimum atomic E-state index is -0.0241. The summed E-state index contributed by atoms with van der Waals surface area (Å²) in [7, 11) is 0. The van der Waals surface area contributed by atoms with Crippen LogP contribution in [0.15, 0.2) is 36.4 Å². The van der Waals surface area contributed by atoms with E-state index in [0.29, 0.717) is 0 Å². The molecule has 18 heavy (non-hydrogen) atoms. The lowest BCUT2D eigenvalue weighted by Gasteiger charge is -2.04. The molecule has 94 valence electrons. The van der Waals surface area contributed by atoms with Gasteiger partial charge in [-0.1, -0.05) is 26.0 Å². The zero-order valence-corrected chi connectivity index (χ0v) is 11.5. The molecule has 0 aliphatic rings. The third kappa shape index (κ3) is 2.99. The van der Waals surface area contributed by atoms with Crippen LogP contribution in [-0.2, 0) is 12.8 Å². The Morgan fingerprint density at radius 1 is 1.06 bits per heavy atom. The van der Waals surface area contributed by atoms with Gasteiger partial charge in [0.05, 0.1) is 4.88 Å². The Labute approximate surface area is 112 Å². The summed E-state index contributed by atoms with van der Waals surface area (Å²) in [6, 6.07) is 11.9. The molecule has 0 unspecified atom stereocenters. The molecule has 1 amide bonds. The highest BCUT2D eigenvalue weighted by atomic mass is 32.1. The van der Waals surface area contributed by atoms with E-state index in [4.69, 9.17) is 0 Å². The fourth-order valence-corrected chi connectivity index (χ4v) is 2.55. The van der Waals surface area contributed by atoms with Crippen LogP contribution in [0, 0.1) is 0 Å². The van der Waals surface area contributed by atoms with Gasteiger partial charge in [0.1, 0.15) is 0 Å². The fraction of sp³-hybridized carbons (Fsp3) is 0.267. The SMILES string of the molecule is CCc1ccc(NC(=O)c2ccc(CC)s2)cc1. The number of aryl methyl sites for hydroxylation is 2. The maximum absolute atomic E-state index is 12.0. The zero-order chi connectivity index (χ0) is 13.0. The van der Waals surface area contributed by atoms with Gasteiger partial charge in [-0.05, 0) is 42.7 Å². The molecule has 0 aliphatic heterocycles. The molecule has 2 rings (SSSR count). The van der Waals surface area contributed by atoms with Crippen LogP contribution < -0.4 is 5.32 Å². The number of anilines is 1. The Hall–Kier alpha value is -1.61. The van der Waals surface area contributed by atoms with Gasteiger partial charge in [0.15, 0.2) is 0 Å². The van der Waals surface area contributed by atoms with Crippen molar-refractivity contribution in [3.05, 3.63) is 51.7 Å². The molecule has 0 saturated heterocycles. The molecule has 0 bridgehead atoms. The van der Waals surface area contributed by atoms with Gasteiger partial charge in [0.25, 0.3) is 5.91 Å². The lowest BCUT2D eigenvalue weighted by Crippen LogP contribution is -2.09. The van der Waals surface area contributed by atoms with E-state index in [1.807, 2.05) is 36.4 Å². The molecule has 1 heterocycles. The molecule has 3 heteroatoms. The van der Waals surface area contributed by atoms with Gasteiger partial charge in [0.2, 0.25) is 0 Å². The van der Waals surface area contributed by atoms with Gasteiger partial charge in [-0.2, -0.15) is 0 Å². The van der Waals surface area contributed by atoms with E-state index in [2.05, 4.69) is 19.2 Å². The predicted octanol–water partition coefficient (Wildman–Crippen LogP) is 4.13. The minimum Gasteiger partial charge on any atom is -0.321 e. The molecule has 1 aromatic carbocycles. The zero-order valence-electron chi connectivity index (χ0n) is 10.7. The fourth-order valence-electron chi connectivity index (χ4n) is 1.71. The van der Waals surface area contributed by atoms with Crippen molar-refractivity contribution in [1.29, 1.82) is 0 Å². The molecule has 0 spiro atoms. The quantitative estimate of drug-likeness (QED) is 0.879. The Morgan fingerprint density at radius 3 is 2.33 bits per heavy atom. The van der Waals surface area contributed by atoms with Gasteiger partial charge in [-0.25, -0.2) is 0 Å². The van der Waals surface area contributed by atoms with E-state index in [1.54, 1.807) is 11.3 Å². The number of hydrogen-bond acceptors (Lipinski definition) is 2. The summed E-state index contributed by atoms with van der Waals surface area (Å²) < 4.78 is 0. The van der Waals surface area contributed by atoms with Gasteiger partial charge in [-0.3, -0.25) is 4.79 Å². The molecular weight excluding hydrogens is 242 g/mol. The summed E-state index contributed by atoms with van der Waals surface area (Å²) in [6.45, 7) is 4.21. The Morgan fingerprint density at radius 2 is 1.78 bits per heavy atom. The summed E-state index contributed by atoms with van der Waals surface area (Å²) in [5, 5.41) is 2.92. The Balaban J connectivity index is 2.06. The molecule has 1 N–H and O–H groups in total. The van der Waals surface area contributed by atoms with Crippen LogP contribution in [0.1, 0.15) is 34.0 Å². The molecule has 0 radical (unpaired) electrons. The van der Waals surface area contributed by atoms with E-state index >= 15 is 0 Å². The number of benzene rings is 1. The molecule has 2 nitrogen and oxygen atoms in total. The molecule has 0 atom stereocenters. The summed E-state index contributed by atoms with van der Waals surface area (Å²) >= 11 is 1.56. The molecular formula is C15H17NOS. The monoisotopic (exact) mass is 259 g/mol. The van der Waals surface area contributed by atoms with Crippen LogP contribution in [0.2, 0.25) is 0 Å². The maximum atomic E-state index is 12.0. The van der Waals surface area contributed by atoms with E-state index in [0.717, 1.165) is 23.4 Å². The number of nitrogens with one attached hydrogen (secondary N) is 1. The third-order valence-electron chi connectivity index (χ3n) is 2.85. The highest BCUT2D eigenvalue weighted by Crippen LogP contribution is 2.19. The van der Waals surface area contributed by atoms with Crippen LogP contribution in [0.3, 0.4) is 0 Å². The van der Waals surface area contributed by atoms with E-state index < -0.39 is 0 Å². The molecule has 2 aromatic rings. The molecule has 0 aliphatic carbocycles. The van der Waals surface area contributed by atoms with Crippen LogP contribution in [0.4, 0.5) is 5.69 Å². The highest BCUT2D eigenvalue weighted by Gasteiger charge is 2.08. The summed E-state index contributed by atoms with van der Waals surface area (Å²) in [4.78, 5) is 14.0. The second-order valence-electron chi connectivity index (χ2n) is 4.12. The average molecular weight is 259 g/mol. The maximum Gasteiger partial charge on any atom is 0.265 e. The van der Waals surface area contributed by atoms with Crippen LogP contribution in [0.25, 0.3) is 0 Å². The first-order chi connectivity index (χ1) is 8.72. The van der Waals surface area contributed by atoms with Crippen LogP contribution in [0.5, 0.6) is 0 Å². The number of hydrogen-bond donors (Lipinski definition) is 1. The van der Waals surface area contributed by atoms with Gasteiger partial charge in [0, 0.05) is 10.6 Å². The summed E-state index contributed by atoms with van der Waals surface area (Å²) in [5.41, 5.74) is 2.13. The third-order valence-corrected chi connectivity index (χ3v) is 4.08. The number of amides is 1. The van der Waals surface area contributed by atoms with Crippen molar-refractivity contribution in [1.82, 2.24) is 0 Å². The number of rotatable bonds is 4. The Bertz CT molecular complexity index is 528. The van der Waals surface area contributed by atoms with E-state index in [-0.39, 0.29) is 5.91 Å².